The van der Waals surface area contributed by atoms with E-state index in [1.807, 2.05) is 0 Å². The zero-order valence-corrected chi connectivity index (χ0v) is 14.0. The van der Waals surface area contributed by atoms with Gasteiger partial charge in [-0.05, 0) is 17.9 Å². The highest BCUT2D eigenvalue weighted by molar-refractivity contribution is 7.09. The standard InChI is InChI=1S/C16H18N6OS/c23-16-7-13(8-21-12-17-11-18-21)19-15-10-20(4-2-5-22(15)16)9-14-3-1-6-24-14/h1,3,6-7,11-12H,2,4-5,8-10H2. The predicted molar refractivity (Wildman–Crippen MR) is 90.7 cm³/mol. The molecule has 124 valence electrons. The maximum absolute atomic E-state index is 12.5. The van der Waals surface area contributed by atoms with Crippen molar-refractivity contribution in [3.63, 3.8) is 0 Å². The molecule has 3 aromatic rings. The molecule has 24 heavy (non-hydrogen) atoms. The summed E-state index contributed by atoms with van der Waals surface area (Å²) in [6.07, 6.45) is 4.08. The van der Waals surface area contributed by atoms with Gasteiger partial charge in [0.1, 0.15) is 18.5 Å². The first-order valence-corrected chi connectivity index (χ1v) is 8.83. The van der Waals surface area contributed by atoms with Gasteiger partial charge >= 0.3 is 0 Å². The van der Waals surface area contributed by atoms with E-state index in [9.17, 15) is 4.79 Å². The molecule has 0 unspecified atom stereocenters. The predicted octanol–water partition coefficient (Wildman–Crippen LogP) is 1.35. The molecular formula is C16H18N6OS. The number of fused-ring (bicyclic) bond motifs is 1. The summed E-state index contributed by atoms with van der Waals surface area (Å²) in [6.45, 7) is 3.76. The lowest BCUT2D eigenvalue weighted by atomic mass is 10.3. The van der Waals surface area contributed by atoms with Crippen molar-refractivity contribution in [2.45, 2.75) is 32.6 Å². The van der Waals surface area contributed by atoms with Crippen LogP contribution in [0.5, 0.6) is 0 Å². The van der Waals surface area contributed by atoms with Crippen LogP contribution in [0.15, 0.2) is 41.0 Å². The van der Waals surface area contributed by atoms with Gasteiger partial charge < -0.3 is 0 Å². The number of aromatic nitrogens is 5. The van der Waals surface area contributed by atoms with Crippen LogP contribution < -0.4 is 5.56 Å². The van der Waals surface area contributed by atoms with Crippen molar-refractivity contribution in [3.8, 4) is 0 Å². The lowest BCUT2D eigenvalue weighted by Gasteiger charge is -2.18. The Bertz CT molecular complexity index is 855. The number of nitrogens with zero attached hydrogens (tertiary/aromatic N) is 6. The Labute approximate surface area is 143 Å². The van der Waals surface area contributed by atoms with Crippen LogP contribution in [0.4, 0.5) is 0 Å². The monoisotopic (exact) mass is 342 g/mol. The van der Waals surface area contributed by atoms with E-state index in [0.717, 1.165) is 37.6 Å². The summed E-state index contributed by atoms with van der Waals surface area (Å²) in [5.74, 6) is 0.840. The molecule has 0 atom stereocenters. The molecular weight excluding hydrogens is 324 g/mol. The van der Waals surface area contributed by atoms with E-state index in [4.69, 9.17) is 4.98 Å². The molecule has 0 amide bonds. The van der Waals surface area contributed by atoms with E-state index in [-0.39, 0.29) is 5.56 Å². The lowest BCUT2D eigenvalue weighted by molar-refractivity contribution is 0.260. The zero-order chi connectivity index (χ0) is 16.4. The summed E-state index contributed by atoms with van der Waals surface area (Å²) >= 11 is 1.76. The molecule has 1 aliphatic heterocycles. The quantitative estimate of drug-likeness (QED) is 0.716. The van der Waals surface area contributed by atoms with Gasteiger partial charge in [0.2, 0.25) is 0 Å². The topological polar surface area (TPSA) is 68.8 Å². The molecule has 0 radical (unpaired) electrons. The number of thiophene rings is 1. The maximum atomic E-state index is 12.5. The summed E-state index contributed by atoms with van der Waals surface area (Å²) in [5.41, 5.74) is 0.753. The fourth-order valence-corrected chi connectivity index (χ4v) is 3.76. The van der Waals surface area contributed by atoms with Gasteiger partial charge in [-0.2, -0.15) is 5.10 Å². The van der Waals surface area contributed by atoms with Crippen LogP contribution >= 0.6 is 11.3 Å². The SMILES string of the molecule is O=c1cc(Cn2cncn2)nc2n1CCCN(Cc1cccs1)C2. The van der Waals surface area contributed by atoms with Gasteiger partial charge in [-0.25, -0.2) is 14.6 Å². The van der Waals surface area contributed by atoms with Crippen molar-refractivity contribution in [2.24, 2.45) is 0 Å². The minimum atomic E-state index is 0.0214. The van der Waals surface area contributed by atoms with Crippen molar-refractivity contribution < 1.29 is 0 Å². The maximum Gasteiger partial charge on any atom is 0.253 e. The van der Waals surface area contributed by atoms with Crippen LogP contribution in [0.2, 0.25) is 0 Å². The molecule has 8 heteroatoms. The second-order valence-electron chi connectivity index (χ2n) is 5.89. The third-order valence-corrected chi connectivity index (χ3v) is 4.97. The van der Waals surface area contributed by atoms with E-state index in [1.165, 1.54) is 11.2 Å². The molecule has 0 fully saturated rings. The van der Waals surface area contributed by atoms with Crippen LogP contribution in [0, 0.1) is 0 Å². The number of rotatable bonds is 4. The van der Waals surface area contributed by atoms with Gasteiger partial charge in [0.05, 0.1) is 18.8 Å². The van der Waals surface area contributed by atoms with Crippen LogP contribution in [0.25, 0.3) is 0 Å². The molecule has 7 nitrogen and oxygen atoms in total. The average molecular weight is 342 g/mol. The minimum Gasteiger partial charge on any atom is -0.296 e. The van der Waals surface area contributed by atoms with Gasteiger partial charge in [-0.15, -0.1) is 11.3 Å². The second-order valence-corrected chi connectivity index (χ2v) is 6.92. The Hall–Kier alpha value is -2.32. The molecule has 0 spiro atoms. The van der Waals surface area contributed by atoms with Gasteiger partial charge in [-0.1, -0.05) is 6.07 Å². The van der Waals surface area contributed by atoms with Crippen LogP contribution in [-0.2, 0) is 26.2 Å². The number of hydrogen-bond donors (Lipinski definition) is 0. The summed E-state index contributed by atoms with van der Waals surface area (Å²) in [4.78, 5) is 24.8. The zero-order valence-electron chi connectivity index (χ0n) is 13.2. The van der Waals surface area contributed by atoms with E-state index in [2.05, 4.69) is 32.5 Å². The van der Waals surface area contributed by atoms with Gasteiger partial charge in [-0.3, -0.25) is 14.3 Å². The molecule has 0 saturated heterocycles. The van der Waals surface area contributed by atoms with E-state index >= 15 is 0 Å². The summed E-state index contributed by atoms with van der Waals surface area (Å²) in [5, 5.41) is 6.18. The Morgan fingerprint density at radius 2 is 2.21 bits per heavy atom. The largest absolute Gasteiger partial charge is 0.296 e. The van der Waals surface area contributed by atoms with Crippen LogP contribution in [-0.4, -0.2) is 35.8 Å². The fourth-order valence-electron chi connectivity index (χ4n) is 3.02. The highest BCUT2D eigenvalue weighted by atomic mass is 32.1. The Balaban J connectivity index is 1.59. The summed E-state index contributed by atoms with van der Waals surface area (Å²) < 4.78 is 3.48. The molecule has 3 aromatic heterocycles. The van der Waals surface area contributed by atoms with Crippen LogP contribution in [0.1, 0.15) is 22.8 Å². The molecule has 0 aliphatic carbocycles. The Kier molecular flexibility index (Phi) is 4.22. The lowest BCUT2D eigenvalue weighted by Crippen LogP contribution is -2.27. The molecule has 4 heterocycles. The molecule has 1 aliphatic rings. The van der Waals surface area contributed by atoms with Crippen molar-refractivity contribution in [1.82, 2.24) is 29.2 Å². The highest BCUT2D eigenvalue weighted by Gasteiger charge is 2.18. The fraction of sp³-hybridized carbons (Fsp3) is 0.375. The summed E-state index contributed by atoms with van der Waals surface area (Å²) in [6, 6.07) is 5.84. The molecule has 0 N–H and O–H groups in total. The van der Waals surface area contributed by atoms with E-state index < -0.39 is 0 Å². The van der Waals surface area contributed by atoms with Crippen molar-refractivity contribution in [3.05, 3.63) is 63.0 Å². The van der Waals surface area contributed by atoms with E-state index in [1.54, 1.807) is 33.0 Å². The van der Waals surface area contributed by atoms with Gasteiger partial charge in [0.15, 0.2) is 0 Å². The van der Waals surface area contributed by atoms with Crippen molar-refractivity contribution >= 4 is 11.3 Å². The highest BCUT2D eigenvalue weighted by Crippen LogP contribution is 2.16. The molecule has 4 rings (SSSR count). The smallest absolute Gasteiger partial charge is 0.253 e. The molecule has 0 saturated carbocycles. The van der Waals surface area contributed by atoms with Gasteiger partial charge in [0, 0.05) is 30.6 Å². The minimum absolute atomic E-state index is 0.0214. The van der Waals surface area contributed by atoms with Crippen LogP contribution in [0.3, 0.4) is 0 Å². The first kappa shape index (κ1) is 15.2. The Morgan fingerprint density at radius 1 is 1.25 bits per heavy atom. The Morgan fingerprint density at radius 3 is 3.00 bits per heavy atom. The van der Waals surface area contributed by atoms with Crippen molar-refractivity contribution in [2.75, 3.05) is 6.54 Å². The normalized spacial score (nSPS) is 15.2. The molecule has 0 aromatic carbocycles. The second kappa shape index (κ2) is 6.66. The summed E-state index contributed by atoms with van der Waals surface area (Å²) in [7, 11) is 0. The van der Waals surface area contributed by atoms with Gasteiger partial charge in [0.25, 0.3) is 5.56 Å². The first-order valence-electron chi connectivity index (χ1n) is 7.95. The number of hydrogen-bond acceptors (Lipinski definition) is 6. The third-order valence-electron chi connectivity index (χ3n) is 4.11. The first-order chi connectivity index (χ1) is 11.8. The molecule has 0 bridgehead atoms. The van der Waals surface area contributed by atoms with Crippen molar-refractivity contribution in [1.29, 1.82) is 0 Å². The van der Waals surface area contributed by atoms with E-state index in [0.29, 0.717) is 13.1 Å². The third kappa shape index (κ3) is 3.29. The average Bonchev–Trinajstić information content (AvgIpc) is 3.20.